The molecular formula is C21H17Cl2N5O2S. The Morgan fingerprint density at radius 1 is 1.10 bits per heavy atom. The minimum atomic E-state index is -0.241. The summed E-state index contributed by atoms with van der Waals surface area (Å²) < 4.78 is 9.15. The van der Waals surface area contributed by atoms with Crippen molar-refractivity contribution in [2.45, 2.75) is 5.16 Å². The van der Waals surface area contributed by atoms with Crippen molar-refractivity contribution in [3.05, 3.63) is 77.0 Å². The molecule has 31 heavy (non-hydrogen) atoms. The smallest absolute Gasteiger partial charge is 0.234 e. The van der Waals surface area contributed by atoms with Gasteiger partial charge in [-0.3, -0.25) is 9.47 Å². The van der Waals surface area contributed by atoms with Crippen LogP contribution in [0, 0.1) is 0 Å². The second-order valence-corrected chi connectivity index (χ2v) is 8.13. The van der Waals surface area contributed by atoms with E-state index in [2.05, 4.69) is 15.5 Å². The fourth-order valence-corrected chi connectivity index (χ4v) is 4.00. The van der Waals surface area contributed by atoms with Crippen LogP contribution in [0.5, 0.6) is 5.75 Å². The summed E-state index contributed by atoms with van der Waals surface area (Å²) in [6.45, 7) is 0. The van der Waals surface area contributed by atoms with Gasteiger partial charge in [-0.05, 0) is 42.5 Å². The first kappa shape index (κ1) is 21.3. The number of aromatic nitrogens is 4. The van der Waals surface area contributed by atoms with Gasteiger partial charge in [0.2, 0.25) is 11.1 Å². The van der Waals surface area contributed by atoms with Crippen LogP contribution in [0.3, 0.4) is 0 Å². The zero-order chi connectivity index (χ0) is 21.8. The fourth-order valence-electron chi connectivity index (χ4n) is 2.93. The summed E-state index contributed by atoms with van der Waals surface area (Å²) in [6.07, 6.45) is 3.75. The lowest BCUT2D eigenvalue weighted by Crippen LogP contribution is -2.16. The van der Waals surface area contributed by atoms with Crippen molar-refractivity contribution < 1.29 is 9.53 Å². The number of thioether (sulfide) groups is 1. The van der Waals surface area contributed by atoms with Crippen LogP contribution in [0.4, 0.5) is 5.69 Å². The van der Waals surface area contributed by atoms with Gasteiger partial charge >= 0.3 is 0 Å². The average molecular weight is 474 g/mol. The molecule has 7 nitrogen and oxygen atoms in total. The van der Waals surface area contributed by atoms with Crippen molar-refractivity contribution in [1.82, 2.24) is 19.5 Å². The molecule has 2 aromatic carbocycles. The Hall–Kier alpha value is -2.94. The van der Waals surface area contributed by atoms with Gasteiger partial charge in [-0.1, -0.05) is 47.1 Å². The van der Waals surface area contributed by atoms with Crippen LogP contribution in [0.15, 0.2) is 72.1 Å². The van der Waals surface area contributed by atoms with Gasteiger partial charge in [-0.25, -0.2) is 4.68 Å². The van der Waals surface area contributed by atoms with Gasteiger partial charge in [-0.15, -0.1) is 10.2 Å². The molecule has 0 aliphatic heterocycles. The minimum Gasteiger partial charge on any atom is -0.496 e. The molecule has 4 rings (SSSR count). The highest BCUT2D eigenvalue weighted by atomic mass is 35.5. The number of carbonyl (C=O) groups is 1. The summed E-state index contributed by atoms with van der Waals surface area (Å²) in [6, 6.07) is 16.3. The monoisotopic (exact) mass is 473 g/mol. The van der Waals surface area contributed by atoms with Gasteiger partial charge in [-0.2, -0.15) is 0 Å². The predicted octanol–water partition coefficient (Wildman–Crippen LogP) is 5.10. The largest absolute Gasteiger partial charge is 0.496 e. The van der Waals surface area contributed by atoms with E-state index in [9.17, 15) is 4.79 Å². The molecule has 0 atom stereocenters. The summed E-state index contributed by atoms with van der Waals surface area (Å²) >= 11 is 13.4. The Morgan fingerprint density at radius 2 is 1.87 bits per heavy atom. The molecule has 2 aromatic heterocycles. The molecule has 0 fully saturated rings. The molecule has 0 bridgehead atoms. The molecule has 0 aliphatic carbocycles. The highest BCUT2D eigenvalue weighted by molar-refractivity contribution is 7.99. The minimum absolute atomic E-state index is 0.105. The Bertz CT molecular complexity index is 1210. The summed E-state index contributed by atoms with van der Waals surface area (Å²) in [5.74, 6) is 1.13. The molecule has 2 heterocycles. The van der Waals surface area contributed by atoms with Crippen molar-refractivity contribution in [3.63, 3.8) is 0 Å². The van der Waals surface area contributed by atoms with E-state index < -0.39 is 0 Å². The lowest BCUT2D eigenvalue weighted by molar-refractivity contribution is -0.113. The maximum Gasteiger partial charge on any atom is 0.234 e. The number of ether oxygens (including phenoxy) is 1. The van der Waals surface area contributed by atoms with Crippen LogP contribution >= 0.6 is 35.0 Å². The Morgan fingerprint density at radius 3 is 2.65 bits per heavy atom. The van der Waals surface area contributed by atoms with E-state index in [1.165, 1.54) is 11.8 Å². The van der Waals surface area contributed by atoms with E-state index in [1.807, 2.05) is 58.1 Å². The average Bonchev–Trinajstić information content (AvgIpc) is 3.44. The second-order valence-electron chi connectivity index (χ2n) is 6.34. The topological polar surface area (TPSA) is 74.0 Å². The highest BCUT2D eigenvalue weighted by Gasteiger charge is 2.19. The van der Waals surface area contributed by atoms with Crippen molar-refractivity contribution in [1.29, 1.82) is 0 Å². The molecule has 0 radical (unpaired) electrons. The van der Waals surface area contributed by atoms with Gasteiger partial charge in [0, 0.05) is 17.4 Å². The van der Waals surface area contributed by atoms with Crippen molar-refractivity contribution in [2.24, 2.45) is 0 Å². The quantitative estimate of drug-likeness (QED) is 0.377. The number of benzene rings is 2. The maximum absolute atomic E-state index is 12.5. The third-order valence-corrected chi connectivity index (χ3v) is 5.80. The molecule has 1 amide bonds. The van der Waals surface area contributed by atoms with E-state index in [-0.39, 0.29) is 11.7 Å². The number of nitrogens with zero attached hydrogens (tertiary/aromatic N) is 4. The molecule has 0 aliphatic rings. The van der Waals surface area contributed by atoms with Crippen molar-refractivity contribution in [3.8, 4) is 17.1 Å². The Labute approximate surface area is 192 Å². The van der Waals surface area contributed by atoms with Gasteiger partial charge in [0.05, 0.1) is 29.1 Å². The Kier molecular flexibility index (Phi) is 6.50. The summed E-state index contributed by atoms with van der Waals surface area (Å²) in [5.41, 5.74) is 1.24. The standard InChI is InChI=1S/C21H17Cl2N5O2S/c1-30-18-7-3-2-6-15(18)20-25-26-21(28(20)27-10-4-5-11-27)31-13-19(29)24-17-12-14(22)8-9-16(17)23/h2-12H,13H2,1H3,(H,24,29). The van der Waals surface area contributed by atoms with Gasteiger partial charge in [0.25, 0.3) is 0 Å². The van der Waals surface area contributed by atoms with E-state index in [0.29, 0.717) is 32.5 Å². The van der Waals surface area contributed by atoms with Gasteiger partial charge in [0.15, 0.2) is 5.82 Å². The highest BCUT2D eigenvalue weighted by Crippen LogP contribution is 2.31. The number of carbonyl (C=O) groups excluding carboxylic acids is 1. The second kappa shape index (κ2) is 9.47. The zero-order valence-electron chi connectivity index (χ0n) is 16.3. The van der Waals surface area contributed by atoms with Crippen LogP contribution < -0.4 is 10.1 Å². The van der Waals surface area contributed by atoms with Crippen LogP contribution in [0.25, 0.3) is 11.4 Å². The number of halogens is 2. The van der Waals surface area contributed by atoms with Gasteiger partial charge in [0.1, 0.15) is 5.75 Å². The number of para-hydroxylation sites is 1. The SMILES string of the molecule is COc1ccccc1-c1nnc(SCC(=O)Nc2cc(Cl)ccc2Cl)n1-n1cccc1. The number of methoxy groups -OCH3 is 1. The molecular weight excluding hydrogens is 457 g/mol. The number of anilines is 1. The van der Waals surface area contributed by atoms with Crippen LogP contribution in [0.1, 0.15) is 0 Å². The van der Waals surface area contributed by atoms with Crippen LogP contribution in [-0.2, 0) is 4.79 Å². The molecule has 0 saturated carbocycles. The number of hydrogen-bond donors (Lipinski definition) is 1. The lowest BCUT2D eigenvalue weighted by atomic mass is 10.2. The molecule has 0 saturated heterocycles. The third-order valence-electron chi connectivity index (χ3n) is 4.31. The number of rotatable bonds is 7. The summed E-state index contributed by atoms with van der Waals surface area (Å²) in [5, 5.41) is 12.9. The Balaban J connectivity index is 1.60. The molecule has 1 N–H and O–H groups in total. The predicted molar refractivity (Wildman–Crippen MR) is 123 cm³/mol. The first-order chi connectivity index (χ1) is 15.1. The van der Waals surface area contributed by atoms with E-state index >= 15 is 0 Å². The van der Waals surface area contributed by atoms with Crippen LogP contribution in [0.2, 0.25) is 10.0 Å². The molecule has 0 unspecified atom stereocenters. The lowest BCUT2D eigenvalue weighted by Gasteiger charge is -2.13. The molecule has 0 spiro atoms. The van der Waals surface area contributed by atoms with Crippen molar-refractivity contribution >= 4 is 46.6 Å². The number of nitrogens with one attached hydrogen (secondary N) is 1. The van der Waals surface area contributed by atoms with Crippen molar-refractivity contribution in [2.75, 3.05) is 18.2 Å². The molecule has 10 heteroatoms. The zero-order valence-corrected chi connectivity index (χ0v) is 18.7. The molecule has 4 aromatic rings. The maximum atomic E-state index is 12.5. The fraction of sp³-hybridized carbons (Fsp3) is 0.0952. The molecule has 158 valence electrons. The van der Waals surface area contributed by atoms with Gasteiger partial charge < -0.3 is 10.1 Å². The van der Waals surface area contributed by atoms with E-state index in [0.717, 1.165) is 5.56 Å². The third kappa shape index (κ3) is 4.71. The van der Waals surface area contributed by atoms with E-state index in [4.69, 9.17) is 27.9 Å². The number of amides is 1. The summed E-state index contributed by atoms with van der Waals surface area (Å²) in [4.78, 5) is 12.5. The first-order valence-electron chi connectivity index (χ1n) is 9.17. The number of hydrogen-bond acceptors (Lipinski definition) is 5. The van der Waals surface area contributed by atoms with E-state index in [1.54, 1.807) is 25.3 Å². The summed E-state index contributed by atoms with van der Waals surface area (Å²) in [7, 11) is 1.61. The first-order valence-corrected chi connectivity index (χ1v) is 10.9. The van der Waals surface area contributed by atoms with Crippen LogP contribution in [-0.4, -0.2) is 38.3 Å². The normalized spacial score (nSPS) is 10.8.